The molecule has 1 heteroatoms. The van der Waals surface area contributed by atoms with Crippen LogP contribution in [0.15, 0.2) is 29.8 Å². The highest BCUT2D eigenvalue weighted by Gasteiger charge is 2.11. The monoisotopic (exact) mass is 189 g/mol. The van der Waals surface area contributed by atoms with E-state index in [1.54, 1.807) is 0 Å². The van der Waals surface area contributed by atoms with Crippen LogP contribution in [0.4, 0.5) is 5.69 Å². The Kier molecular flexibility index (Phi) is 3.75. The molecule has 1 unspecified atom stereocenters. The molecule has 0 saturated carbocycles. The normalized spacial score (nSPS) is 18.3. The number of anilines is 1. The van der Waals surface area contributed by atoms with Gasteiger partial charge < -0.3 is 5.32 Å². The molecule has 1 aliphatic rings. The van der Waals surface area contributed by atoms with Gasteiger partial charge >= 0.3 is 0 Å². The average Bonchev–Trinajstić information content (AvgIpc) is 2.23. The number of para-hydroxylation sites is 1. The first-order valence-corrected chi connectivity index (χ1v) is 5.31. The molecule has 1 heterocycles. The maximum absolute atomic E-state index is 3.44. The number of fused-ring (bicyclic) bond motifs is 1. The molecule has 1 aromatic carbocycles. The lowest BCUT2D eigenvalue weighted by molar-refractivity contribution is 0.921. The molecule has 1 aromatic rings. The molecule has 0 aromatic heterocycles. The van der Waals surface area contributed by atoms with E-state index in [0.29, 0.717) is 6.04 Å². The minimum absolute atomic E-state index is 0.472. The Hall–Kier alpha value is -1.24. The minimum Gasteiger partial charge on any atom is -0.378 e. The van der Waals surface area contributed by atoms with Crippen LogP contribution in [0.1, 0.15) is 33.3 Å². The molecule has 1 aliphatic heterocycles. The second kappa shape index (κ2) is 4.85. The van der Waals surface area contributed by atoms with Gasteiger partial charge in [0.1, 0.15) is 0 Å². The van der Waals surface area contributed by atoms with Crippen LogP contribution in [0.25, 0.3) is 6.08 Å². The van der Waals surface area contributed by atoms with Gasteiger partial charge in [0.25, 0.3) is 0 Å². The Morgan fingerprint density at radius 1 is 1.14 bits per heavy atom. The summed E-state index contributed by atoms with van der Waals surface area (Å²) in [6.07, 6.45) is 2.25. The maximum atomic E-state index is 3.44. The summed E-state index contributed by atoms with van der Waals surface area (Å²) in [7, 11) is 0. The first-order chi connectivity index (χ1) is 6.77. The molecule has 1 atom stereocenters. The van der Waals surface area contributed by atoms with Gasteiger partial charge in [-0.2, -0.15) is 0 Å². The van der Waals surface area contributed by atoms with Crippen molar-refractivity contribution in [2.75, 3.05) is 5.32 Å². The second-order valence-electron chi connectivity index (χ2n) is 3.34. The van der Waals surface area contributed by atoms with Crippen molar-refractivity contribution in [2.45, 2.75) is 33.7 Å². The Labute approximate surface area is 86.8 Å². The van der Waals surface area contributed by atoms with Gasteiger partial charge in [0.2, 0.25) is 0 Å². The highest BCUT2D eigenvalue weighted by Crippen LogP contribution is 2.25. The molecule has 0 spiro atoms. The van der Waals surface area contributed by atoms with Crippen LogP contribution in [0.5, 0.6) is 0 Å². The number of benzene rings is 1. The Morgan fingerprint density at radius 3 is 2.50 bits per heavy atom. The molecule has 2 rings (SSSR count). The van der Waals surface area contributed by atoms with Crippen molar-refractivity contribution in [2.24, 2.45) is 0 Å². The van der Waals surface area contributed by atoms with Gasteiger partial charge in [-0.1, -0.05) is 43.7 Å². The zero-order chi connectivity index (χ0) is 10.6. The smallest absolute Gasteiger partial charge is 0.0446 e. The summed E-state index contributed by atoms with van der Waals surface area (Å²) in [4.78, 5) is 0. The molecule has 14 heavy (non-hydrogen) atoms. The predicted molar refractivity (Wildman–Crippen MR) is 64.5 cm³/mol. The average molecular weight is 189 g/mol. The number of hydrogen-bond acceptors (Lipinski definition) is 1. The highest BCUT2D eigenvalue weighted by atomic mass is 14.9. The number of hydrogen-bond donors (Lipinski definition) is 1. The van der Waals surface area contributed by atoms with Crippen LogP contribution >= 0.6 is 0 Å². The van der Waals surface area contributed by atoms with Crippen molar-refractivity contribution in [1.82, 2.24) is 0 Å². The van der Waals surface area contributed by atoms with Crippen molar-refractivity contribution in [1.29, 1.82) is 0 Å². The summed E-state index contributed by atoms with van der Waals surface area (Å²) in [6, 6.07) is 8.86. The van der Waals surface area contributed by atoms with E-state index >= 15 is 0 Å². The van der Waals surface area contributed by atoms with Gasteiger partial charge in [0, 0.05) is 11.7 Å². The number of rotatable bonds is 0. The van der Waals surface area contributed by atoms with Gasteiger partial charge in [-0.25, -0.2) is 0 Å². The zero-order valence-electron chi connectivity index (χ0n) is 9.46. The first-order valence-electron chi connectivity index (χ1n) is 5.31. The molecule has 0 fully saturated rings. The molecular weight excluding hydrogens is 170 g/mol. The van der Waals surface area contributed by atoms with E-state index in [1.165, 1.54) is 16.8 Å². The number of nitrogens with one attached hydrogen (secondary N) is 1. The molecule has 0 radical (unpaired) electrons. The van der Waals surface area contributed by atoms with E-state index in [2.05, 4.69) is 49.5 Å². The summed E-state index contributed by atoms with van der Waals surface area (Å²) >= 11 is 0. The van der Waals surface area contributed by atoms with E-state index in [-0.39, 0.29) is 0 Å². The Morgan fingerprint density at radius 2 is 1.79 bits per heavy atom. The largest absolute Gasteiger partial charge is 0.378 e. The van der Waals surface area contributed by atoms with Crippen molar-refractivity contribution >= 4 is 11.8 Å². The summed E-state index contributed by atoms with van der Waals surface area (Å²) in [6.45, 7) is 8.34. The quantitative estimate of drug-likeness (QED) is 0.652. The van der Waals surface area contributed by atoms with Crippen LogP contribution in [-0.4, -0.2) is 6.04 Å². The summed E-state index contributed by atoms with van der Waals surface area (Å²) < 4.78 is 0. The molecular formula is C13H19N. The van der Waals surface area contributed by atoms with Crippen molar-refractivity contribution in [3.63, 3.8) is 0 Å². The van der Waals surface area contributed by atoms with Crippen molar-refractivity contribution in [3.05, 3.63) is 35.4 Å². The lowest BCUT2D eigenvalue weighted by Crippen LogP contribution is -2.19. The fourth-order valence-electron chi connectivity index (χ4n) is 1.47. The van der Waals surface area contributed by atoms with Gasteiger partial charge in [-0.3, -0.25) is 0 Å². The van der Waals surface area contributed by atoms with E-state index in [9.17, 15) is 0 Å². The third-order valence-electron chi connectivity index (χ3n) is 2.40. The second-order valence-corrected chi connectivity index (χ2v) is 3.34. The standard InChI is InChI=1S/C11H13N.C2H6/c1-8-7-10-5-3-4-6-11(10)12-9(8)2;1-2/h3-7,9,12H,1-2H3;1-2H3. The molecule has 1 nitrogen and oxygen atoms in total. The first kappa shape index (κ1) is 10.8. The van der Waals surface area contributed by atoms with Gasteiger partial charge in [-0.05, 0) is 25.5 Å². The Bertz CT molecular complexity index is 326. The minimum atomic E-state index is 0.472. The van der Waals surface area contributed by atoms with Crippen molar-refractivity contribution < 1.29 is 0 Å². The fraction of sp³-hybridized carbons (Fsp3) is 0.385. The molecule has 0 bridgehead atoms. The third kappa shape index (κ3) is 2.16. The van der Waals surface area contributed by atoms with Crippen LogP contribution in [0.3, 0.4) is 0 Å². The highest BCUT2D eigenvalue weighted by molar-refractivity contribution is 5.72. The van der Waals surface area contributed by atoms with Gasteiger partial charge in [0.05, 0.1) is 0 Å². The summed E-state index contributed by atoms with van der Waals surface area (Å²) in [5.41, 5.74) is 3.94. The molecule has 1 N–H and O–H groups in total. The molecule has 0 aliphatic carbocycles. The molecule has 76 valence electrons. The fourth-order valence-corrected chi connectivity index (χ4v) is 1.47. The van der Waals surface area contributed by atoms with Crippen LogP contribution in [0, 0.1) is 0 Å². The van der Waals surface area contributed by atoms with Gasteiger partial charge in [0.15, 0.2) is 0 Å². The van der Waals surface area contributed by atoms with Crippen LogP contribution in [-0.2, 0) is 0 Å². The third-order valence-corrected chi connectivity index (χ3v) is 2.40. The molecule has 0 saturated heterocycles. The van der Waals surface area contributed by atoms with E-state index in [1.807, 2.05) is 13.8 Å². The summed E-state index contributed by atoms with van der Waals surface area (Å²) in [5.74, 6) is 0. The van der Waals surface area contributed by atoms with Crippen LogP contribution in [0.2, 0.25) is 0 Å². The lowest BCUT2D eigenvalue weighted by Gasteiger charge is -2.22. The van der Waals surface area contributed by atoms with Crippen LogP contribution < -0.4 is 5.32 Å². The summed E-state index contributed by atoms with van der Waals surface area (Å²) in [5, 5.41) is 3.44. The van der Waals surface area contributed by atoms with E-state index in [4.69, 9.17) is 0 Å². The predicted octanol–water partition coefficient (Wildman–Crippen LogP) is 3.93. The van der Waals surface area contributed by atoms with E-state index < -0.39 is 0 Å². The van der Waals surface area contributed by atoms with Gasteiger partial charge in [-0.15, -0.1) is 0 Å². The van der Waals surface area contributed by atoms with E-state index in [0.717, 1.165) is 0 Å². The zero-order valence-corrected chi connectivity index (χ0v) is 9.46. The SMILES string of the molecule is CC.CC1=Cc2ccccc2NC1C. The maximum Gasteiger partial charge on any atom is 0.0446 e. The van der Waals surface area contributed by atoms with Crippen molar-refractivity contribution in [3.8, 4) is 0 Å². The topological polar surface area (TPSA) is 12.0 Å². The Balaban J connectivity index is 0.000000461. The molecule has 0 amide bonds. The lowest BCUT2D eigenvalue weighted by atomic mass is 10.0.